The normalized spacial score (nSPS) is 20.0. The fraction of sp³-hybridized carbons (Fsp3) is 0.515. The number of benzene rings is 2. The summed E-state index contributed by atoms with van der Waals surface area (Å²) in [4.78, 5) is 2.48. The Hall–Kier alpha value is -2.88. The first kappa shape index (κ1) is 27.7. The van der Waals surface area contributed by atoms with Gasteiger partial charge in [0.25, 0.3) is 0 Å². The van der Waals surface area contributed by atoms with E-state index in [0.717, 1.165) is 54.1 Å². The SMILES string of the molecule is Cc1ccc(-c2c(C)noc2C)cc1N(CC1C[C@@H]1CO[Si](C)(C)C(C)(C)C)c1ccc(C2(C#N)CC2)cc1. The molecule has 2 saturated carbocycles. The third-order valence-electron chi connectivity index (χ3n) is 9.47. The molecule has 1 unspecified atom stereocenters. The minimum absolute atomic E-state index is 0.225. The second-order valence-electron chi connectivity index (χ2n) is 13.4. The molecule has 39 heavy (non-hydrogen) atoms. The molecular formula is C33H43N3O2Si. The van der Waals surface area contributed by atoms with Gasteiger partial charge in [-0.25, -0.2) is 0 Å². The van der Waals surface area contributed by atoms with Crippen molar-refractivity contribution in [3.8, 4) is 17.2 Å². The van der Waals surface area contributed by atoms with E-state index in [1.807, 2.05) is 13.8 Å². The molecule has 2 aliphatic rings. The first-order valence-electron chi connectivity index (χ1n) is 14.3. The lowest BCUT2D eigenvalue weighted by atomic mass is 9.97. The Labute approximate surface area is 235 Å². The van der Waals surface area contributed by atoms with Gasteiger partial charge >= 0.3 is 0 Å². The molecule has 2 aliphatic carbocycles. The summed E-state index contributed by atoms with van der Waals surface area (Å²) in [7, 11) is -1.76. The predicted octanol–water partition coefficient (Wildman–Crippen LogP) is 8.62. The summed E-state index contributed by atoms with van der Waals surface area (Å²) in [5.41, 5.74) is 7.59. The summed E-state index contributed by atoms with van der Waals surface area (Å²) >= 11 is 0. The highest BCUT2D eigenvalue weighted by Crippen LogP contribution is 2.49. The zero-order chi connectivity index (χ0) is 28.2. The largest absolute Gasteiger partial charge is 0.417 e. The molecule has 0 N–H and O–H groups in total. The van der Waals surface area contributed by atoms with Crippen molar-refractivity contribution >= 4 is 19.7 Å². The number of nitrogens with zero attached hydrogens (tertiary/aromatic N) is 3. The Bertz CT molecular complexity index is 1370. The fourth-order valence-electron chi connectivity index (χ4n) is 5.35. The molecular weight excluding hydrogens is 498 g/mol. The minimum atomic E-state index is -1.76. The Morgan fingerprint density at radius 3 is 2.33 bits per heavy atom. The smallest absolute Gasteiger partial charge is 0.191 e. The van der Waals surface area contributed by atoms with Crippen LogP contribution in [0.3, 0.4) is 0 Å². The number of hydrogen-bond donors (Lipinski definition) is 0. The quantitative estimate of drug-likeness (QED) is 0.254. The Kier molecular flexibility index (Phi) is 7.06. The molecule has 0 saturated heterocycles. The highest BCUT2D eigenvalue weighted by Gasteiger charge is 2.45. The first-order chi connectivity index (χ1) is 18.3. The van der Waals surface area contributed by atoms with E-state index in [-0.39, 0.29) is 10.5 Å². The van der Waals surface area contributed by atoms with Gasteiger partial charge in [-0.1, -0.05) is 50.2 Å². The maximum absolute atomic E-state index is 9.70. The molecule has 2 fully saturated rings. The van der Waals surface area contributed by atoms with Crippen LogP contribution in [0.25, 0.3) is 11.1 Å². The predicted molar refractivity (Wildman–Crippen MR) is 161 cm³/mol. The van der Waals surface area contributed by atoms with E-state index in [1.165, 1.54) is 23.4 Å². The van der Waals surface area contributed by atoms with Crippen molar-refractivity contribution in [2.75, 3.05) is 18.1 Å². The zero-order valence-corrected chi connectivity index (χ0v) is 25.9. The van der Waals surface area contributed by atoms with E-state index in [0.29, 0.717) is 11.8 Å². The van der Waals surface area contributed by atoms with Crippen LogP contribution in [0.15, 0.2) is 47.0 Å². The van der Waals surface area contributed by atoms with Crippen LogP contribution in [0.5, 0.6) is 0 Å². The van der Waals surface area contributed by atoms with Gasteiger partial charge in [0, 0.05) is 30.1 Å². The van der Waals surface area contributed by atoms with E-state index in [1.54, 1.807) is 0 Å². The Balaban J connectivity index is 1.43. The summed E-state index contributed by atoms with van der Waals surface area (Å²) < 4.78 is 12.1. The lowest BCUT2D eigenvalue weighted by Gasteiger charge is -2.36. The van der Waals surface area contributed by atoms with E-state index in [4.69, 9.17) is 8.95 Å². The molecule has 2 aromatic carbocycles. The van der Waals surface area contributed by atoms with Crippen molar-refractivity contribution in [3.63, 3.8) is 0 Å². The standard InChI is InChI=1S/C33H43N3O2Si/c1-22-9-10-25(31-23(2)35-38-24(31)3)18-30(22)36(29-13-11-28(12-14-29)33(21-34)15-16-33)19-26-17-27(26)20-37-39(7,8)32(4,5)6/h9-14,18,26-27H,15-17,19-20H2,1-8H3/t26?,27-/m1/s1. The molecule has 1 aromatic heterocycles. The maximum Gasteiger partial charge on any atom is 0.191 e. The van der Waals surface area contributed by atoms with Crippen LogP contribution in [0.2, 0.25) is 18.1 Å². The van der Waals surface area contributed by atoms with Gasteiger partial charge in [-0.15, -0.1) is 0 Å². The van der Waals surface area contributed by atoms with Gasteiger partial charge in [-0.05, 0) is 105 Å². The Morgan fingerprint density at radius 1 is 1.08 bits per heavy atom. The van der Waals surface area contributed by atoms with Crippen LogP contribution in [-0.2, 0) is 9.84 Å². The van der Waals surface area contributed by atoms with Crippen molar-refractivity contribution in [2.24, 2.45) is 11.8 Å². The number of aromatic nitrogens is 1. The van der Waals surface area contributed by atoms with Crippen molar-refractivity contribution in [1.29, 1.82) is 5.26 Å². The number of nitriles is 1. The average Bonchev–Trinajstić information content (AvgIpc) is 3.81. The van der Waals surface area contributed by atoms with Gasteiger partial charge in [-0.2, -0.15) is 5.26 Å². The monoisotopic (exact) mass is 541 g/mol. The van der Waals surface area contributed by atoms with Crippen molar-refractivity contribution < 1.29 is 8.95 Å². The highest BCUT2D eigenvalue weighted by molar-refractivity contribution is 6.74. The molecule has 0 spiro atoms. The van der Waals surface area contributed by atoms with E-state index < -0.39 is 8.32 Å². The van der Waals surface area contributed by atoms with Gasteiger partial charge < -0.3 is 13.8 Å². The number of hydrogen-bond acceptors (Lipinski definition) is 5. The Morgan fingerprint density at radius 2 is 1.77 bits per heavy atom. The first-order valence-corrected chi connectivity index (χ1v) is 17.2. The van der Waals surface area contributed by atoms with Gasteiger partial charge in [0.15, 0.2) is 8.32 Å². The maximum atomic E-state index is 9.70. The highest BCUT2D eigenvalue weighted by atomic mass is 28.4. The fourth-order valence-corrected chi connectivity index (χ4v) is 6.41. The number of aryl methyl sites for hydroxylation is 3. The molecule has 0 bridgehead atoms. The molecule has 6 heteroatoms. The van der Waals surface area contributed by atoms with E-state index >= 15 is 0 Å². The molecule has 1 heterocycles. The minimum Gasteiger partial charge on any atom is -0.417 e. The lowest BCUT2D eigenvalue weighted by molar-refractivity contribution is 0.266. The third-order valence-corrected chi connectivity index (χ3v) is 14.0. The molecule has 2 atom stereocenters. The average molecular weight is 542 g/mol. The lowest BCUT2D eigenvalue weighted by Crippen LogP contribution is -2.41. The second-order valence-corrected chi connectivity index (χ2v) is 18.2. The molecule has 0 amide bonds. The van der Waals surface area contributed by atoms with Gasteiger partial charge in [0.2, 0.25) is 0 Å². The summed E-state index contributed by atoms with van der Waals surface area (Å²) in [6, 6.07) is 17.9. The third kappa shape index (κ3) is 5.44. The zero-order valence-electron chi connectivity index (χ0n) is 24.9. The van der Waals surface area contributed by atoms with Gasteiger partial charge in [0.1, 0.15) is 5.76 Å². The molecule has 5 nitrogen and oxygen atoms in total. The van der Waals surface area contributed by atoms with Crippen molar-refractivity contribution in [2.45, 2.75) is 84.4 Å². The van der Waals surface area contributed by atoms with E-state index in [9.17, 15) is 5.26 Å². The summed E-state index contributed by atoms with van der Waals surface area (Å²) in [6.07, 6.45) is 3.12. The van der Waals surface area contributed by atoms with Crippen LogP contribution in [0, 0.1) is 43.9 Å². The molecule has 5 rings (SSSR count). The summed E-state index contributed by atoms with van der Waals surface area (Å²) in [5.74, 6) is 2.03. The van der Waals surface area contributed by atoms with Crippen LogP contribution >= 0.6 is 0 Å². The van der Waals surface area contributed by atoms with Gasteiger partial charge in [0.05, 0.1) is 17.2 Å². The molecule has 3 aromatic rings. The van der Waals surface area contributed by atoms with Crippen LogP contribution in [-0.4, -0.2) is 26.6 Å². The second kappa shape index (κ2) is 9.94. The van der Waals surface area contributed by atoms with Crippen LogP contribution in [0.4, 0.5) is 11.4 Å². The van der Waals surface area contributed by atoms with E-state index in [2.05, 4.69) is 99.4 Å². The van der Waals surface area contributed by atoms with Crippen molar-refractivity contribution in [3.05, 3.63) is 65.0 Å². The van der Waals surface area contributed by atoms with Gasteiger partial charge in [-0.3, -0.25) is 0 Å². The van der Waals surface area contributed by atoms with Crippen LogP contribution in [0.1, 0.15) is 62.6 Å². The molecule has 0 aliphatic heterocycles. The molecule has 0 radical (unpaired) electrons. The topological polar surface area (TPSA) is 62.3 Å². The van der Waals surface area contributed by atoms with Crippen LogP contribution < -0.4 is 4.90 Å². The summed E-state index contributed by atoms with van der Waals surface area (Å²) in [6.45, 7) is 19.6. The number of rotatable bonds is 9. The van der Waals surface area contributed by atoms with Crippen molar-refractivity contribution in [1.82, 2.24) is 5.16 Å². The summed E-state index contributed by atoms with van der Waals surface area (Å²) in [5, 5.41) is 14.1. The number of anilines is 2. The molecule has 206 valence electrons.